The highest BCUT2D eigenvalue weighted by Gasteiger charge is 2.25. The van der Waals surface area contributed by atoms with Crippen LogP contribution >= 0.6 is 22.9 Å². The van der Waals surface area contributed by atoms with Crippen molar-refractivity contribution in [2.75, 3.05) is 5.32 Å². The molecule has 2 amide bonds. The number of aryl methyl sites for hydroxylation is 2. The maximum Gasteiger partial charge on any atom is 0.321 e. The topological polar surface area (TPSA) is 79.8 Å². The lowest BCUT2D eigenvalue weighted by Crippen LogP contribution is -2.34. The van der Waals surface area contributed by atoms with Gasteiger partial charge >= 0.3 is 6.03 Å². The second-order valence-corrected chi connectivity index (χ2v) is 7.91. The minimum Gasteiger partial charge on any atom is -0.329 e. The normalized spacial score (nSPS) is 16.3. The number of nitrogens with zero attached hydrogens (tertiary/aromatic N) is 3. The third-order valence-electron chi connectivity index (χ3n) is 4.05. The molecule has 1 aliphatic rings. The van der Waals surface area contributed by atoms with E-state index in [0.717, 1.165) is 35.5 Å². The van der Waals surface area contributed by atoms with Crippen LogP contribution in [0.5, 0.6) is 0 Å². The number of hydrogen-bond donors (Lipinski definition) is 2. The number of nitrogens with one attached hydrogen (secondary N) is 2. The number of urea groups is 1. The number of thiazole rings is 1. The van der Waals surface area contributed by atoms with E-state index in [-0.39, 0.29) is 12.1 Å². The largest absolute Gasteiger partial charge is 0.329 e. The summed E-state index contributed by atoms with van der Waals surface area (Å²) in [5.74, 6) is 0.621. The van der Waals surface area contributed by atoms with Crippen molar-refractivity contribution in [2.24, 2.45) is 0 Å². The summed E-state index contributed by atoms with van der Waals surface area (Å²) < 4.78 is 4.30. The summed E-state index contributed by atoms with van der Waals surface area (Å²) in [4.78, 5) is 22.6. The third kappa shape index (κ3) is 3.54. The first-order valence-electron chi connectivity index (χ1n) is 8.12. The number of fused-ring (bicyclic) bond motifs is 1. The minimum absolute atomic E-state index is 0.0322. The van der Waals surface area contributed by atoms with Crippen molar-refractivity contribution in [1.29, 1.82) is 0 Å². The molecule has 8 heteroatoms. The summed E-state index contributed by atoms with van der Waals surface area (Å²) >= 11 is 2.90. The van der Waals surface area contributed by atoms with E-state index in [2.05, 4.69) is 25.0 Å². The monoisotopic (exact) mass is 371 g/mol. The zero-order valence-corrected chi connectivity index (χ0v) is 15.3. The molecule has 0 saturated heterocycles. The average Bonchev–Trinajstić information content (AvgIpc) is 3.22. The number of carbonyl (C=O) groups is 1. The van der Waals surface area contributed by atoms with Gasteiger partial charge in [0, 0.05) is 22.0 Å². The van der Waals surface area contributed by atoms with E-state index in [0.29, 0.717) is 11.0 Å². The van der Waals surface area contributed by atoms with Crippen molar-refractivity contribution in [3.8, 4) is 11.4 Å². The summed E-state index contributed by atoms with van der Waals surface area (Å²) in [6.45, 7) is 2.01. The van der Waals surface area contributed by atoms with Gasteiger partial charge in [-0.25, -0.2) is 9.78 Å². The lowest BCUT2D eigenvalue weighted by molar-refractivity contribution is 0.247. The zero-order valence-electron chi connectivity index (χ0n) is 13.7. The van der Waals surface area contributed by atoms with Crippen molar-refractivity contribution in [3.63, 3.8) is 0 Å². The predicted octanol–water partition coefficient (Wildman–Crippen LogP) is 4.17. The lowest BCUT2D eigenvalue weighted by atomic mass is 9.98. The molecule has 1 aliphatic carbocycles. The summed E-state index contributed by atoms with van der Waals surface area (Å²) in [5.41, 5.74) is 1.95. The number of aromatic nitrogens is 3. The fourth-order valence-corrected chi connectivity index (χ4v) is 4.58. The first kappa shape index (κ1) is 16.2. The maximum absolute atomic E-state index is 12.3. The molecule has 2 aromatic heterocycles. The Morgan fingerprint density at radius 3 is 2.92 bits per heavy atom. The number of anilines is 1. The van der Waals surface area contributed by atoms with Crippen molar-refractivity contribution in [2.45, 2.75) is 32.2 Å². The Balaban J connectivity index is 1.43. The van der Waals surface area contributed by atoms with Gasteiger partial charge in [0.1, 0.15) is 0 Å². The van der Waals surface area contributed by atoms with Gasteiger partial charge < -0.3 is 5.32 Å². The Morgan fingerprint density at radius 1 is 1.24 bits per heavy atom. The molecule has 6 nitrogen and oxygen atoms in total. The standard InChI is InChI=1S/C17H17N5OS2/c1-10-18-14-12(8-5-9-13(14)24-10)19-16(23)21-17-20-15(22-25-17)11-6-3-2-4-7-11/h2-4,6-7,12H,5,8-9H2,1H3,(H2,19,20,21,22,23)/t12-/m1/s1. The van der Waals surface area contributed by atoms with Crippen LogP contribution < -0.4 is 10.6 Å². The maximum atomic E-state index is 12.3. The van der Waals surface area contributed by atoms with Crippen LogP contribution in [-0.4, -0.2) is 20.4 Å². The van der Waals surface area contributed by atoms with Crippen LogP contribution in [0.4, 0.5) is 9.93 Å². The molecule has 25 heavy (non-hydrogen) atoms. The van der Waals surface area contributed by atoms with E-state index in [1.54, 1.807) is 11.3 Å². The smallest absolute Gasteiger partial charge is 0.321 e. The van der Waals surface area contributed by atoms with Crippen molar-refractivity contribution in [3.05, 3.63) is 45.9 Å². The van der Waals surface area contributed by atoms with E-state index in [1.165, 1.54) is 16.4 Å². The molecular weight excluding hydrogens is 354 g/mol. The van der Waals surface area contributed by atoms with Gasteiger partial charge in [-0.3, -0.25) is 5.32 Å². The van der Waals surface area contributed by atoms with Gasteiger partial charge in [-0.2, -0.15) is 9.36 Å². The number of hydrogen-bond acceptors (Lipinski definition) is 6. The molecule has 0 radical (unpaired) electrons. The van der Waals surface area contributed by atoms with E-state index in [9.17, 15) is 4.79 Å². The minimum atomic E-state index is -0.265. The molecule has 0 bridgehead atoms. The van der Waals surface area contributed by atoms with Crippen LogP contribution in [-0.2, 0) is 6.42 Å². The third-order valence-corrected chi connectivity index (χ3v) is 5.72. The Labute approximate surface area is 153 Å². The molecule has 0 spiro atoms. The highest BCUT2D eigenvalue weighted by Crippen LogP contribution is 2.33. The average molecular weight is 371 g/mol. The Kier molecular flexibility index (Phi) is 4.46. The molecule has 2 N–H and O–H groups in total. The highest BCUT2D eigenvalue weighted by atomic mass is 32.1. The van der Waals surface area contributed by atoms with Gasteiger partial charge in [0.15, 0.2) is 5.82 Å². The van der Waals surface area contributed by atoms with Crippen LogP contribution in [0.1, 0.15) is 34.5 Å². The highest BCUT2D eigenvalue weighted by molar-refractivity contribution is 7.11. The van der Waals surface area contributed by atoms with Crippen LogP contribution in [0.25, 0.3) is 11.4 Å². The van der Waals surface area contributed by atoms with Crippen molar-refractivity contribution in [1.82, 2.24) is 19.7 Å². The summed E-state index contributed by atoms with van der Waals surface area (Å²) in [5, 5.41) is 7.35. The van der Waals surface area contributed by atoms with Gasteiger partial charge in [0.2, 0.25) is 5.13 Å². The van der Waals surface area contributed by atoms with Gasteiger partial charge in [-0.05, 0) is 26.2 Å². The quantitative estimate of drug-likeness (QED) is 0.724. The van der Waals surface area contributed by atoms with Gasteiger partial charge in [-0.15, -0.1) is 11.3 Å². The summed E-state index contributed by atoms with van der Waals surface area (Å²) in [7, 11) is 0. The number of benzene rings is 1. The van der Waals surface area contributed by atoms with E-state index in [1.807, 2.05) is 37.3 Å². The molecule has 128 valence electrons. The van der Waals surface area contributed by atoms with Crippen LogP contribution in [0.15, 0.2) is 30.3 Å². The van der Waals surface area contributed by atoms with Crippen molar-refractivity contribution < 1.29 is 4.79 Å². The van der Waals surface area contributed by atoms with Crippen LogP contribution in [0, 0.1) is 6.92 Å². The fraction of sp³-hybridized carbons (Fsp3) is 0.294. The molecule has 1 atom stereocenters. The van der Waals surface area contributed by atoms with Crippen molar-refractivity contribution >= 4 is 34.0 Å². The van der Waals surface area contributed by atoms with Gasteiger partial charge in [0.25, 0.3) is 0 Å². The summed E-state index contributed by atoms with van der Waals surface area (Å²) in [6, 6.07) is 9.41. The number of carbonyl (C=O) groups excluding carboxylic acids is 1. The van der Waals surface area contributed by atoms with Gasteiger partial charge in [0.05, 0.1) is 16.7 Å². The second-order valence-electron chi connectivity index (χ2n) is 5.87. The van der Waals surface area contributed by atoms with Crippen LogP contribution in [0.3, 0.4) is 0 Å². The fourth-order valence-electron chi connectivity index (χ4n) is 2.95. The summed E-state index contributed by atoms with van der Waals surface area (Å²) in [6.07, 6.45) is 3.03. The molecule has 0 aliphatic heterocycles. The molecule has 0 saturated carbocycles. The molecule has 2 heterocycles. The number of rotatable bonds is 3. The SMILES string of the molecule is Cc1nc2c(s1)CCC[C@H]2NC(=O)Nc1nc(-c2ccccc2)ns1. The lowest BCUT2D eigenvalue weighted by Gasteiger charge is -2.22. The van der Waals surface area contributed by atoms with Gasteiger partial charge in [-0.1, -0.05) is 30.3 Å². The second kappa shape index (κ2) is 6.89. The molecule has 0 unspecified atom stereocenters. The van der Waals surface area contributed by atoms with E-state index in [4.69, 9.17) is 0 Å². The molecule has 0 fully saturated rings. The van der Waals surface area contributed by atoms with E-state index >= 15 is 0 Å². The first-order chi connectivity index (χ1) is 12.2. The Bertz CT molecular complexity index is 890. The van der Waals surface area contributed by atoms with Crippen LogP contribution in [0.2, 0.25) is 0 Å². The zero-order chi connectivity index (χ0) is 17.2. The first-order valence-corrected chi connectivity index (χ1v) is 9.71. The Hall–Kier alpha value is -2.32. The van der Waals surface area contributed by atoms with E-state index < -0.39 is 0 Å². The molecular formula is C17H17N5OS2. The molecule has 1 aromatic carbocycles. The molecule has 4 rings (SSSR count). The Morgan fingerprint density at radius 2 is 2.08 bits per heavy atom. The number of amides is 2. The molecule has 3 aromatic rings. The predicted molar refractivity (Wildman–Crippen MR) is 100 cm³/mol.